The molecule has 0 aliphatic rings. The van der Waals surface area contributed by atoms with Crippen molar-refractivity contribution in [2.75, 3.05) is 20.2 Å². The molecule has 5 heteroatoms. The Labute approximate surface area is 140 Å². The molecule has 0 bridgehead atoms. The molecule has 2 aromatic carbocycles. The summed E-state index contributed by atoms with van der Waals surface area (Å²) in [4.78, 5) is 6.81. The number of aliphatic hydroxyl groups is 1. The van der Waals surface area contributed by atoms with Crippen molar-refractivity contribution < 1.29 is 5.11 Å². The molecule has 3 rings (SSSR count). The number of aliphatic hydroxyl groups excluding tert-OH is 1. The molecule has 0 radical (unpaired) electrons. The van der Waals surface area contributed by atoms with E-state index in [1.807, 2.05) is 43.4 Å². The number of imidazole rings is 1. The van der Waals surface area contributed by atoms with Gasteiger partial charge in [0.1, 0.15) is 5.82 Å². The van der Waals surface area contributed by atoms with Crippen molar-refractivity contribution in [2.24, 2.45) is 0 Å². The third-order valence-electron chi connectivity index (χ3n) is 3.87. The molecule has 4 nitrogen and oxygen atoms in total. The Kier molecular flexibility index (Phi) is 4.96. The minimum absolute atomic E-state index is 0.140. The van der Waals surface area contributed by atoms with Crippen LogP contribution in [0.25, 0.3) is 11.0 Å². The van der Waals surface area contributed by atoms with Gasteiger partial charge in [-0.15, -0.1) is 0 Å². The topological polar surface area (TPSA) is 41.3 Å². The number of aromatic nitrogens is 2. The lowest BCUT2D eigenvalue weighted by Gasteiger charge is -2.16. The lowest BCUT2D eigenvalue weighted by Crippen LogP contribution is -2.23. The normalized spacial score (nSPS) is 11.5. The van der Waals surface area contributed by atoms with E-state index < -0.39 is 0 Å². The van der Waals surface area contributed by atoms with E-state index in [-0.39, 0.29) is 6.61 Å². The molecule has 3 aromatic rings. The SMILES string of the molecule is CN(CCO)Cc1nc2cc(Cl)ccc2n1Cc1ccccc1. The van der Waals surface area contributed by atoms with E-state index in [0.717, 1.165) is 23.4 Å². The van der Waals surface area contributed by atoms with Gasteiger partial charge in [-0.1, -0.05) is 41.9 Å². The molecule has 1 aromatic heterocycles. The maximum absolute atomic E-state index is 9.11. The van der Waals surface area contributed by atoms with Crippen molar-refractivity contribution in [3.63, 3.8) is 0 Å². The highest BCUT2D eigenvalue weighted by Crippen LogP contribution is 2.22. The average molecular weight is 330 g/mol. The van der Waals surface area contributed by atoms with Crippen LogP contribution in [-0.2, 0) is 13.1 Å². The fourth-order valence-electron chi connectivity index (χ4n) is 2.71. The molecule has 0 unspecified atom stereocenters. The van der Waals surface area contributed by atoms with Gasteiger partial charge in [0, 0.05) is 18.1 Å². The number of rotatable bonds is 6. The van der Waals surface area contributed by atoms with Gasteiger partial charge in [-0.05, 0) is 30.8 Å². The maximum Gasteiger partial charge on any atom is 0.124 e. The van der Waals surface area contributed by atoms with E-state index in [0.29, 0.717) is 18.1 Å². The van der Waals surface area contributed by atoms with E-state index in [1.54, 1.807) is 0 Å². The van der Waals surface area contributed by atoms with Crippen LogP contribution in [0.2, 0.25) is 5.02 Å². The lowest BCUT2D eigenvalue weighted by molar-refractivity contribution is 0.213. The highest BCUT2D eigenvalue weighted by Gasteiger charge is 2.13. The Balaban J connectivity index is 2.01. The zero-order valence-electron chi connectivity index (χ0n) is 13.1. The van der Waals surface area contributed by atoms with Gasteiger partial charge in [0.05, 0.1) is 24.2 Å². The highest BCUT2D eigenvalue weighted by atomic mass is 35.5. The fraction of sp³-hybridized carbons (Fsp3) is 0.278. The summed E-state index contributed by atoms with van der Waals surface area (Å²) < 4.78 is 2.22. The molecule has 0 aliphatic heterocycles. The van der Waals surface area contributed by atoms with Crippen molar-refractivity contribution in [3.8, 4) is 0 Å². The Hall–Kier alpha value is -1.88. The summed E-state index contributed by atoms with van der Waals surface area (Å²) in [6.07, 6.45) is 0. The Morgan fingerprint density at radius 1 is 1.17 bits per heavy atom. The van der Waals surface area contributed by atoms with Crippen molar-refractivity contribution in [1.82, 2.24) is 14.5 Å². The van der Waals surface area contributed by atoms with Gasteiger partial charge in [-0.25, -0.2) is 4.98 Å². The van der Waals surface area contributed by atoms with Crippen LogP contribution in [0.5, 0.6) is 0 Å². The summed E-state index contributed by atoms with van der Waals surface area (Å²) in [5.74, 6) is 0.974. The number of nitrogens with zero attached hydrogens (tertiary/aromatic N) is 3. The average Bonchev–Trinajstić information content (AvgIpc) is 2.85. The van der Waals surface area contributed by atoms with Gasteiger partial charge in [0.15, 0.2) is 0 Å². The van der Waals surface area contributed by atoms with Crippen molar-refractivity contribution >= 4 is 22.6 Å². The molecule has 0 amide bonds. The largest absolute Gasteiger partial charge is 0.395 e. The minimum atomic E-state index is 0.140. The second-order valence-electron chi connectivity index (χ2n) is 5.69. The van der Waals surface area contributed by atoms with Crippen LogP contribution in [0.4, 0.5) is 0 Å². The first-order chi connectivity index (χ1) is 11.2. The van der Waals surface area contributed by atoms with Crippen LogP contribution in [0, 0.1) is 0 Å². The molecule has 0 spiro atoms. The molecule has 0 saturated heterocycles. The second-order valence-corrected chi connectivity index (χ2v) is 6.13. The van der Waals surface area contributed by atoms with E-state index in [1.165, 1.54) is 5.56 Å². The van der Waals surface area contributed by atoms with Gasteiger partial charge in [0.2, 0.25) is 0 Å². The van der Waals surface area contributed by atoms with Gasteiger partial charge in [0.25, 0.3) is 0 Å². The lowest BCUT2D eigenvalue weighted by atomic mass is 10.2. The van der Waals surface area contributed by atoms with E-state index in [9.17, 15) is 0 Å². The Bertz CT molecular complexity index is 786. The van der Waals surface area contributed by atoms with Crippen LogP contribution in [0.1, 0.15) is 11.4 Å². The van der Waals surface area contributed by atoms with Gasteiger partial charge in [-0.2, -0.15) is 0 Å². The summed E-state index contributed by atoms with van der Waals surface area (Å²) in [5, 5.41) is 9.80. The number of fused-ring (bicyclic) bond motifs is 1. The molecule has 0 aliphatic carbocycles. The molecule has 1 N–H and O–H groups in total. The van der Waals surface area contributed by atoms with Gasteiger partial charge >= 0.3 is 0 Å². The molecule has 0 saturated carbocycles. The van der Waals surface area contributed by atoms with E-state index in [2.05, 4.69) is 21.6 Å². The fourth-order valence-corrected chi connectivity index (χ4v) is 2.87. The standard InChI is InChI=1S/C18H20ClN3O/c1-21(9-10-23)13-18-20-16-11-15(19)7-8-17(16)22(18)12-14-5-3-2-4-6-14/h2-8,11,23H,9-10,12-13H2,1H3. The first-order valence-electron chi connectivity index (χ1n) is 7.65. The van der Waals surface area contributed by atoms with Crippen LogP contribution in [0.3, 0.4) is 0 Å². The molecule has 23 heavy (non-hydrogen) atoms. The van der Waals surface area contributed by atoms with Gasteiger partial charge < -0.3 is 9.67 Å². The zero-order valence-corrected chi connectivity index (χ0v) is 13.9. The Morgan fingerprint density at radius 2 is 1.96 bits per heavy atom. The summed E-state index contributed by atoms with van der Waals surface area (Å²) in [6.45, 7) is 2.21. The summed E-state index contributed by atoms with van der Waals surface area (Å²) in [7, 11) is 1.98. The molecule has 120 valence electrons. The predicted octanol–water partition coefficient (Wildman–Crippen LogP) is 3.16. The summed E-state index contributed by atoms with van der Waals surface area (Å²) >= 11 is 6.10. The zero-order chi connectivity index (χ0) is 16.2. The van der Waals surface area contributed by atoms with Crippen molar-refractivity contribution in [1.29, 1.82) is 0 Å². The predicted molar refractivity (Wildman–Crippen MR) is 93.7 cm³/mol. The first-order valence-corrected chi connectivity index (χ1v) is 8.03. The molecular formula is C18H20ClN3O. The first kappa shape index (κ1) is 16.0. The maximum atomic E-state index is 9.11. The van der Waals surface area contributed by atoms with Crippen LogP contribution < -0.4 is 0 Å². The molecular weight excluding hydrogens is 310 g/mol. The van der Waals surface area contributed by atoms with Crippen molar-refractivity contribution in [3.05, 3.63) is 64.9 Å². The molecule has 0 atom stereocenters. The number of halogens is 1. The number of hydrogen-bond donors (Lipinski definition) is 1. The smallest absolute Gasteiger partial charge is 0.124 e. The summed E-state index contributed by atoms with van der Waals surface area (Å²) in [6, 6.07) is 16.1. The van der Waals surface area contributed by atoms with Crippen LogP contribution in [0.15, 0.2) is 48.5 Å². The highest BCUT2D eigenvalue weighted by molar-refractivity contribution is 6.31. The third kappa shape index (κ3) is 3.72. The van der Waals surface area contributed by atoms with E-state index >= 15 is 0 Å². The van der Waals surface area contributed by atoms with Crippen molar-refractivity contribution in [2.45, 2.75) is 13.1 Å². The van der Waals surface area contributed by atoms with Crippen LogP contribution in [-0.4, -0.2) is 39.8 Å². The number of benzene rings is 2. The Morgan fingerprint density at radius 3 is 2.70 bits per heavy atom. The quantitative estimate of drug-likeness (QED) is 0.755. The third-order valence-corrected chi connectivity index (χ3v) is 4.10. The molecule has 1 heterocycles. The minimum Gasteiger partial charge on any atom is -0.395 e. The summed E-state index contributed by atoms with van der Waals surface area (Å²) in [5.41, 5.74) is 3.21. The second kappa shape index (κ2) is 7.13. The number of hydrogen-bond acceptors (Lipinski definition) is 3. The van der Waals surface area contributed by atoms with Gasteiger partial charge in [-0.3, -0.25) is 4.90 Å². The van der Waals surface area contributed by atoms with Crippen LogP contribution >= 0.6 is 11.6 Å². The monoisotopic (exact) mass is 329 g/mol. The number of likely N-dealkylation sites (N-methyl/N-ethyl adjacent to an activating group) is 1. The molecule has 0 fully saturated rings. The van der Waals surface area contributed by atoms with E-state index in [4.69, 9.17) is 21.7 Å².